The van der Waals surface area contributed by atoms with E-state index in [1.165, 1.54) is 24.8 Å². The number of benzene rings is 1. The first-order valence-corrected chi connectivity index (χ1v) is 8.80. The molecule has 1 aromatic carbocycles. The highest BCUT2D eigenvalue weighted by atomic mass is 35.5. The summed E-state index contributed by atoms with van der Waals surface area (Å²) >= 11 is 6.06. The zero-order chi connectivity index (χ0) is 15.2. The molecule has 1 N–H and O–H groups in total. The molecule has 5 heteroatoms. The highest BCUT2D eigenvalue weighted by molar-refractivity contribution is 6.30. The van der Waals surface area contributed by atoms with Crippen LogP contribution >= 0.6 is 24.0 Å². The Bertz CT molecular complexity index is 576. The van der Waals surface area contributed by atoms with E-state index in [0.29, 0.717) is 17.2 Å². The number of carbonyl (C=O) groups is 1. The number of piperidine rings is 1. The number of carbonyl (C=O) groups excluding carboxylic acids is 1. The Kier molecular flexibility index (Phi) is 4.91. The Labute approximate surface area is 149 Å². The number of halogens is 2. The summed E-state index contributed by atoms with van der Waals surface area (Å²) in [6.45, 7) is 4.18. The molecule has 2 atom stereocenters. The first kappa shape index (κ1) is 17.1. The fourth-order valence-electron chi connectivity index (χ4n) is 4.23. The molecule has 1 aromatic rings. The third-order valence-electron chi connectivity index (χ3n) is 5.85. The van der Waals surface area contributed by atoms with Gasteiger partial charge in [0.1, 0.15) is 0 Å². The van der Waals surface area contributed by atoms with Gasteiger partial charge in [0.2, 0.25) is 5.91 Å². The Morgan fingerprint density at radius 3 is 2.70 bits per heavy atom. The summed E-state index contributed by atoms with van der Waals surface area (Å²) in [4.78, 5) is 14.8. The second kappa shape index (κ2) is 6.62. The molecule has 126 valence electrons. The second-order valence-corrected chi connectivity index (χ2v) is 7.69. The van der Waals surface area contributed by atoms with E-state index in [2.05, 4.69) is 16.3 Å². The Hall–Kier alpha value is -0.770. The smallest absolute Gasteiger partial charge is 0.226 e. The second-order valence-electron chi connectivity index (χ2n) is 7.26. The molecule has 1 amide bonds. The monoisotopic (exact) mass is 354 g/mol. The average Bonchev–Trinajstić information content (AvgIpc) is 3.22. The van der Waals surface area contributed by atoms with Gasteiger partial charge < -0.3 is 10.2 Å². The van der Waals surface area contributed by atoms with Crippen molar-refractivity contribution >= 4 is 29.9 Å². The van der Waals surface area contributed by atoms with E-state index in [4.69, 9.17) is 11.6 Å². The van der Waals surface area contributed by atoms with E-state index in [1.807, 2.05) is 18.2 Å². The summed E-state index contributed by atoms with van der Waals surface area (Å²) in [5, 5.41) is 4.25. The van der Waals surface area contributed by atoms with E-state index in [9.17, 15) is 4.79 Å². The molecule has 1 spiro atoms. The minimum absolute atomic E-state index is 0. The van der Waals surface area contributed by atoms with Crippen molar-refractivity contribution in [3.8, 4) is 0 Å². The molecule has 2 heterocycles. The molecule has 4 rings (SSSR count). The maximum absolute atomic E-state index is 12.7. The first-order valence-electron chi connectivity index (χ1n) is 8.42. The van der Waals surface area contributed by atoms with Crippen LogP contribution in [0.4, 0.5) is 0 Å². The molecule has 3 nitrogen and oxygen atoms in total. The number of nitrogens with zero attached hydrogens (tertiary/aromatic N) is 1. The molecule has 23 heavy (non-hydrogen) atoms. The standard InChI is InChI=1S/C18H23ClN2O.ClH/c19-14-3-1-2-13(10-14)15-11-16(15)17(22)21-8-5-18(6-9-21)4-7-20-12-18;/h1-3,10,15-16,20H,4-9,11-12H2;1H. The molecule has 1 saturated carbocycles. The van der Waals surface area contributed by atoms with Crippen molar-refractivity contribution in [1.29, 1.82) is 0 Å². The van der Waals surface area contributed by atoms with Gasteiger partial charge >= 0.3 is 0 Å². The minimum atomic E-state index is 0. The van der Waals surface area contributed by atoms with Crippen molar-refractivity contribution in [2.24, 2.45) is 11.3 Å². The SMILES string of the molecule is Cl.O=C(C1CC1c1cccc(Cl)c1)N1CCC2(CCNC2)CC1. The van der Waals surface area contributed by atoms with Crippen molar-refractivity contribution in [2.45, 2.75) is 31.6 Å². The Morgan fingerprint density at radius 1 is 1.26 bits per heavy atom. The van der Waals surface area contributed by atoms with Crippen LogP contribution < -0.4 is 5.32 Å². The van der Waals surface area contributed by atoms with Crippen molar-refractivity contribution in [3.63, 3.8) is 0 Å². The maximum atomic E-state index is 12.7. The minimum Gasteiger partial charge on any atom is -0.342 e. The summed E-state index contributed by atoms with van der Waals surface area (Å²) < 4.78 is 0. The summed E-state index contributed by atoms with van der Waals surface area (Å²) in [5.41, 5.74) is 1.70. The summed E-state index contributed by atoms with van der Waals surface area (Å²) in [6.07, 6.45) is 4.60. The van der Waals surface area contributed by atoms with Crippen LogP contribution in [-0.2, 0) is 4.79 Å². The number of likely N-dealkylation sites (tertiary alicyclic amines) is 1. The van der Waals surface area contributed by atoms with E-state index >= 15 is 0 Å². The van der Waals surface area contributed by atoms with E-state index < -0.39 is 0 Å². The Balaban J connectivity index is 0.00000156. The summed E-state index contributed by atoms with van der Waals surface area (Å²) in [5.74, 6) is 0.940. The summed E-state index contributed by atoms with van der Waals surface area (Å²) in [7, 11) is 0. The molecule has 0 bridgehead atoms. The van der Waals surface area contributed by atoms with Gasteiger partial charge in [0.25, 0.3) is 0 Å². The van der Waals surface area contributed by atoms with Crippen LogP contribution in [0.3, 0.4) is 0 Å². The van der Waals surface area contributed by atoms with Gasteiger partial charge in [0.05, 0.1) is 0 Å². The van der Waals surface area contributed by atoms with Crippen LogP contribution in [0, 0.1) is 11.3 Å². The molecule has 2 aliphatic heterocycles. The highest BCUT2D eigenvalue weighted by Crippen LogP contribution is 2.49. The Morgan fingerprint density at radius 2 is 2.04 bits per heavy atom. The number of rotatable bonds is 2. The number of amides is 1. The zero-order valence-corrected chi connectivity index (χ0v) is 14.8. The van der Waals surface area contributed by atoms with Crippen LogP contribution in [0.2, 0.25) is 5.02 Å². The van der Waals surface area contributed by atoms with Gasteiger partial charge in [-0.05, 0) is 61.3 Å². The molecule has 1 aliphatic carbocycles. The van der Waals surface area contributed by atoms with Gasteiger partial charge in [-0.2, -0.15) is 0 Å². The first-order chi connectivity index (χ1) is 10.7. The number of nitrogens with one attached hydrogen (secondary N) is 1. The lowest BCUT2D eigenvalue weighted by Gasteiger charge is -2.39. The fourth-order valence-corrected chi connectivity index (χ4v) is 4.43. The van der Waals surface area contributed by atoms with Crippen LogP contribution in [0.5, 0.6) is 0 Å². The topological polar surface area (TPSA) is 32.3 Å². The third kappa shape index (κ3) is 3.38. The van der Waals surface area contributed by atoms with E-state index in [1.54, 1.807) is 0 Å². The highest BCUT2D eigenvalue weighted by Gasteiger charge is 2.47. The molecular formula is C18H24Cl2N2O. The van der Waals surface area contributed by atoms with Gasteiger partial charge in [-0.25, -0.2) is 0 Å². The maximum Gasteiger partial charge on any atom is 0.226 e. The van der Waals surface area contributed by atoms with Crippen molar-refractivity contribution in [3.05, 3.63) is 34.9 Å². The fraction of sp³-hybridized carbons (Fsp3) is 0.611. The molecule has 3 aliphatic rings. The predicted octanol–water partition coefficient (Wildman–Crippen LogP) is 3.47. The van der Waals surface area contributed by atoms with Gasteiger partial charge in [-0.15, -0.1) is 12.4 Å². The van der Waals surface area contributed by atoms with Gasteiger partial charge in [-0.3, -0.25) is 4.79 Å². The van der Waals surface area contributed by atoms with Crippen LogP contribution in [0.15, 0.2) is 24.3 Å². The quantitative estimate of drug-likeness (QED) is 0.881. The lowest BCUT2D eigenvalue weighted by Crippen LogP contribution is -2.44. The van der Waals surface area contributed by atoms with Gasteiger partial charge in [0, 0.05) is 30.6 Å². The zero-order valence-electron chi connectivity index (χ0n) is 13.3. The average molecular weight is 355 g/mol. The van der Waals surface area contributed by atoms with E-state index in [0.717, 1.165) is 37.6 Å². The predicted molar refractivity (Wildman–Crippen MR) is 95.3 cm³/mol. The molecule has 0 aromatic heterocycles. The molecular weight excluding hydrogens is 331 g/mol. The lowest BCUT2D eigenvalue weighted by atomic mass is 9.78. The molecule has 2 saturated heterocycles. The van der Waals surface area contributed by atoms with Crippen LogP contribution in [0.1, 0.15) is 37.2 Å². The van der Waals surface area contributed by atoms with Crippen molar-refractivity contribution in [2.75, 3.05) is 26.2 Å². The van der Waals surface area contributed by atoms with E-state index in [-0.39, 0.29) is 18.3 Å². The molecule has 0 radical (unpaired) electrons. The van der Waals surface area contributed by atoms with Gasteiger partial charge in [-0.1, -0.05) is 23.7 Å². The van der Waals surface area contributed by atoms with Crippen LogP contribution in [-0.4, -0.2) is 37.0 Å². The van der Waals surface area contributed by atoms with Crippen LogP contribution in [0.25, 0.3) is 0 Å². The molecule has 2 unspecified atom stereocenters. The number of hydrogen-bond acceptors (Lipinski definition) is 2. The number of hydrogen-bond donors (Lipinski definition) is 1. The van der Waals surface area contributed by atoms with Crippen molar-refractivity contribution < 1.29 is 4.79 Å². The molecule has 3 fully saturated rings. The lowest BCUT2D eigenvalue weighted by molar-refractivity contribution is -0.134. The third-order valence-corrected chi connectivity index (χ3v) is 6.09. The largest absolute Gasteiger partial charge is 0.342 e. The normalized spacial score (nSPS) is 28.5. The van der Waals surface area contributed by atoms with Crippen molar-refractivity contribution in [1.82, 2.24) is 10.2 Å². The van der Waals surface area contributed by atoms with Gasteiger partial charge in [0.15, 0.2) is 0 Å². The summed E-state index contributed by atoms with van der Waals surface area (Å²) in [6, 6.07) is 7.98.